The molecule has 0 aromatic heterocycles. The summed E-state index contributed by atoms with van der Waals surface area (Å²) in [4.78, 5) is 24.9. The largest absolute Gasteiger partial charge is 0.339 e. The normalized spacial score (nSPS) is 15.9. The second kappa shape index (κ2) is 9.97. The van der Waals surface area contributed by atoms with Gasteiger partial charge in [-0.1, -0.05) is 36.4 Å². The van der Waals surface area contributed by atoms with Crippen LogP contribution in [0.15, 0.2) is 77.7 Å². The molecule has 4 rings (SSSR count). The number of carbonyl (C=O) groups excluding carboxylic acids is 1. The monoisotopic (exact) mass is 493 g/mol. The molecule has 0 fully saturated rings. The number of non-ortho nitro benzene ring substituents is 1. The lowest BCUT2D eigenvalue weighted by Gasteiger charge is -2.36. The fraction of sp³-hybridized carbons (Fsp3) is 0.269. The zero-order valence-corrected chi connectivity index (χ0v) is 20.4. The smallest absolute Gasteiger partial charge is 0.269 e. The van der Waals surface area contributed by atoms with Gasteiger partial charge < -0.3 is 4.90 Å². The number of nitrogens with zero attached hydrogens (tertiary/aromatic N) is 3. The quantitative estimate of drug-likeness (QED) is 0.358. The zero-order chi connectivity index (χ0) is 25.2. The van der Waals surface area contributed by atoms with Crippen molar-refractivity contribution >= 4 is 21.6 Å². The first kappa shape index (κ1) is 24.6. The average molecular weight is 494 g/mol. The summed E-state index contributed by atoms with van der Waals surface area (Å²) in [5, 5.41) is 11.0. The molecule has 1 aliphatic heterocycles. The molecule has 182 valence electrons. The van der Waals surface area contributed by atoms with E-state index in [4.69, 9.17) is 0 Å². The Labute approximate surface area is 205 Å². The lowest BCUT2D eigenvalue weighted by Crippen LogP contribution is -2.40. The van der Waals surface area contributed by atoms with Gasteiger partial charge >= 0.3 is 0 Å². The number of nitro benzene ring substituents is 1. The van der Waals surface area contributed by atoms with Gasteiger partial charge in [0.05, 0.1) is 15.9 Å². The van der Waals surface area contributed by atoms with Crippen LogP contribution in [0.25, 0.3) is 0 Å². The Morgan fingerprint density at radius 3 is 2.23 bits per heavy atom. The number of carbonyl (C=O) groups is 1. The van der Waals surface area contributed by atoms with Gasteiger partial charge in [0.15, 0.2) is 0 Å². The molecule has 0 saturated heterocycles. The van der Waals surface area contributed by atoms with E-state index in [0.717, 1.165) is 16.7 Å². The number of benzene rings is 3. The first-order valence-electron chi connectivity index (χ1n) is 11.5. The summed E-state index contributed by atoms with van der Waals surface area (Å²) in [6.45, 7) is 5.33. The Morgan fingerprint density at radius 2 is 1.63 bits per heavy atom. The van der Waals surface area contributed by atoms with Crippen molar-refractivity contribution in [2.45, 2.75) is 31.2 Å². The van der Waals surface area contributed by atoms with Crippen LogP contribution in [-0.2, 0) is 16.4 Å². The summed E-state index contributed by atoms with van der Waals surface area (Å²) in [6, 6.07) is 19.2. The SMILES string of the molecule is CCN(CC)C(=O)c1ccc(C2c3ccccc3CCN2S(=O)(=O)c2ccc([N+](=O)[O-])cc2)cc1. The van der Waals surface area contributed by atoms with Gasteiger partial charge in [-0.05, 0) is 61.2 Å². The Bertz CT molecular complexity index is 1330. The van der Waals surface area contributed by atoms with Crippen molar-refractivity contribution in [2.24, 2.45) is 0 Å². The molecule has 0 bridgehead atoms. The van der Waals surface area contributed by atoms with E-state index in [-0.39, 0.29) is 23.0 Å². The zero-order valence-electron chi connectivity index (χ0n) is 19.6. The summed E-state index contributed by atoms with van der Waals surface area (Å²) in [6.07, 6.45) is 0.553. The molecular formula is C26H27N3O5S. The molecule has 1 aliphatic rings. The van der Waals surface area contributed by atoms with Crippen molar-refractivity contribution in [3.63, 3.8) is 0 Å². The molecule has 1 unspecified atom stereocenters. The minimum atomic E-state index is -3.96. The van der Waals surface area contributed by atoms with Crippen molar-refractivity contribution in [3.05, 3.63) is 105 Å². The minimum absolute atomic E-state index is 0.000752. The van der Waals surface area contributed by atoms with E-state index in [1.54, 1.807) is 17.0 Å². The van der Waals surface area contributed by atoms with E-state index in [9.17, 15) is 23.3 Å². The predicted molar refractivity (Wildman–Crippen MR) is 133 cm³/mol. The maximum atomic E-state index is 13.7. The van der Waals surface area contributed by atoms with E-state index >= 15 is 0 Å². The highest BCUT2D eigenvalue weighted by Crippen LogP contribution is 2.39. The van der Waals surface area contributed by atoms with Crippen LogP contribution >= 0.6 is 0 Å². The van der Waals surface area contributed by atoms with E-state index in [1.165, 1.54) is 28.6 Å². The van der Waals surface area contributed by atoms with E-state index in [0.29, 0.717) is 25.1 Å². The van der Waals surface area contributed by atoms with Gasteiger partial charge in [0.25, 0.3) is 11.6 Å². The second-order valence-electron chi connectivity index (χ2n) is 8.32. The molecule has 1 amide bonds. The fourth-order valence-corrected chi connectivity index (χ4v) is 6.12. The summed E-state index contributed by atoms with van der Waals surface area (Å²) in [5.74, 6) is -0.0686. The third-order valence-corrected chi connectivity index (χ3v) is 8.30. The van der Waals surface area contributed by atoms with E-state index in [1.807, 2.05) is 50.2 Å². The van der Waals surface area contributed by atoms with E-state index in [2.05, 4.69) is 0 Å². The average Bonchev–Trinajstić information content (AvgIpc) is 2.88. The van der Waals surface area contributed by atoms with Crippen LogP contribution in [-0.4, -0.2) is 48.1 Å². The first-order chi connectivity index (χ1) is 16.8. The Hall–Kier alpha value is -3.56. The van der Waals surface area contributed by atoms with Crippen LogP contribution in [0, 0.1) is 10.1 Å². The van der Waals surface area contributed by atoms with Crippen LogP contribution in [0.5, 0.6) is 0 Å². The highest BCUT2D eigenvalue weighted by molar-refractivity contribution is 7.89. The molecule has 0 N–H and O–H groups in total. The molecular weight excluding hydrogens is 466 g/mol. The van der Waals surface area contributed by atoms with Crippen molar-refractivity contribution < 1.29 is 18.1 Å². The summed E-state index contributed by atoms with van der Waals surface area (Å²) in [5.41, 5.74) is 3.08. The molecule has 35 heavy (non-hydrogen) atoms. The van der Waals surface area contributed by atoms with Gasteiger partial charge in [0.2, 0.25) is 10.0 Å². The number of amides is 1. The summed E-state index contributed by atoms with van der Waals surface area (Å²) >= 11 is 0. The van der Waals surface area contributed by atoms with Crippen molar-refractivity contribution in [2.75, 3.05) is 19.6 Å². The van der Waals surface area contributed by atoms with Crippen LogP contribution in [0.4, 0.5) is 5.69 Å². The predicted octanol–water partition coefficient (Wildman–Crippen LogP) is 4.41. The van der Waals surface area contributed by atoms with Crippen LogP contribution in [0.3, 0.4) is 0 Å². The molecule has 8 nitrogen and oxygen atoms in total. The molecule has 0 radical (unpaired) electrons. The summed E-state index contributed by atoms with van der Waals surface area (Å²) < 4.78 is 28.8. The number of hydrogen-bond donors (Lipinski definition) is 0. The Morgan fingerprint density at radius 1 is 1.00 bits per heavy atom. The minimum Gasteiger partial charge on any atom is -0.339 e. The van der Waals surface area contributed by atoms with Gasteiger partial charge in [-0.3, -0.25) is 14.9 Å². The van der Waals surface area contributed by atoms with E-state index < -0.39 is 21.0 Å². The molecule has 3 aromatic rings. The van der Waals surface area contributed by atoms with Gasteiger partial charge in [0.1, 0.15) is 0 Å². The molecule has 3 aromatic carbocycles. The molecule has 1 atom stereocenters. The maximum Gasteiger partial charge on any atom is 0.269 e. The number of nitro groups is 1. The third kappa shape index (κ3) is 4.69. The van der Waals surface area contributed by atoms with Crippen LogP contribution < -0.4 is 0 Å². The summed E-state index contributed by atoms with van der Waals surface area (Å²) in [7, 11) is -3.96. The highest BCUT2D eigenvalue weighted by Gasteiger charge is 2.37. The lowest BCUT2D eigenvalue weighted by atomic mass is 9.89. The number of sulfonamides is 1. The fourth-order valence-electron chi connectivity index (χ4n) is 4.52. The van der Waals surface area contributed by atoms with Crippen molar-refractivity contribution in [3.8, 4) is 0 Å². The van der Waals surface area contributed by atoms with Gasteiger partial charge in [-0.2, -0.15) is 4.31 Å². The lowest BCUT2D eigenvalue weighted by molar-refractivity contribution is -0.384. The van der Waals surface area contributed by atoms with Gasteiger partial charge in [-0.25, -0.2) is 8.42 Å². The molecule has 9 heteroatoms. The van der Waals surface area contributed by atoms with Crippen LogP contribution in [0.1, 0.15) is 46.9 Å². The third-order valence-electron chi connectivity index (χ3n) is 6.42. The molecule has 1 heterocycles. The van der Waals surface area contributed by atoms with Gasteiger partial charge in [0, 0.05) is 37.3 Å². The first-order valence-corrected chi connectivity index (χ1v) is 12.9. The second-order valence-corrected chi connectivity index (χ2v) is 10.2. The molecule has 0 spiro atoms. The molecule has 0 saturated carbocycles. The Balaban J connectivity index is 1.76. The van der Waals surface area contributed by atoms with Crippen LogP contribution in [0.2, 0.25) is 0 Å². The topological polar surface area (TPSA) is 101 Å². The molecule has 0 aliphatic carbocycles. The number of rotatable bonds is 7. The van der Waals surface area contributed by atoms with Gasteiger partial charge in [-0.15, -0.1) is 0 Å². The number of hydrogen-bond acceptors (Lipinski definition) is 5. The standard InChI is InChI=1S/C26H27N3O5S/c1-3-27(4-2)26(30)21-11-9-20(10-12-21)25-24-8-6-5-7-19(24)17-18-28(25)35(33,34)23-15-13-22(14-16-23)29(31)32/h5-16,25H,3-4,17-18H2,1-2H3. The highest BCUT2D eigenvalue weighted by atomic mass is 32.2. The van der Waals surface area contributed by atoms with Crippen molar-refractivity contribution in [1.29, 1.82) is 0 Å². The Kier molecular flexibility index (Phi) is 7.00. The maximum absolute atomic E-state index is 13.7. The van der Waals surface area contributed by atoms with Crippen molar-refractivity contribution in [1.82, 2.24) is 9.21 Å². The number of fused-ring (bicyclic) bond motifs is 1.